The fourth-order valence-corrected chi connectivity index (χ4v) is 1.92. The van der Waals surface area contributed by atoms with Crippen LogP contribution in [0.15, 0.2) is 18.2 Å². The van der Waals surface area contributed by atoms with E-state index in [1.807, 2.05) is 32.9 Å². The number of aryl methyl sites for hydroxylation is 2. The first-order valence-corrected chi connectivity index (χ1v) is 5.50. The lowest BCUT2D eigenvalue weighted by Crippen LogP contribution is -2.02. The molecular formula is C14H15NO2. The van der Waals surface area contributed by atoms with Crippen molar-refractivity contribution >= 4 is 16.9 Å². The van der Waals surface area contributed by atoms with Crippen molar-refractivity contribution in [3.63, 3.8) is 0 Å². The van der Waals surface area contributed by atoms with Crippen molar-refractivity contribution < 1.29 is 9.53 Å². The van der Waals surface area contributed by atoms with Crippen molar-refractivity contribution in [3.8, 4) is 0 Å². The summed E-state index contributed by atoms with van der Waals surface area (Å²) in [6.07, 6.45) is 0. The first kappa shape index (κ1) is 11.6. The van der Waals surface area contributed by atoms with Crippen molar-refractivity contribution in [2.45, 2.75) is 20.8 Å². The van der Waals surface area contributed by atoms with Crippen LogP contribution in [0.25, 0.3) is 10.9 Å². The van der Waals surface area contributed by atoms with Crippen LogP contribution in [-0.4, -0.2) is 18.1 Å². The van der Waals surface area contributed by atoms with Crippen molar-refractivity contribution in [2.75, 3.05) is 7.11 Å². The van der Waals surface area contributed by atoms with Gasteiger partial charge < -0.3 is 4.74 Å². The SMILES string of the molecule is COC(=O)c1ccc2nc(C)c(C)c(C)c2c1. The van der Waals surface area contributed by atoms with E-state index < -0.39 is 0 Å². The average Bonchev–Trinajstić information content (AvgIpc) is 2.35. The summed E-state index contributed by atoms with van der Waals surface area (Å²) in [5.41, 5.74) is 4.84. The molecule has 3 nitrogen and oxygen atoms in total. The van der Waals surface area contributed by atoms with Crippen LogP contribution >= 0.6 is 0 Å². The molecule has 88 valence electrons. The number of methoxy groups -OCH3 is 1. The molecule has 0 N–H and O–H groups in total. The third-order valence-corrected chi connectivity index (χ3v) is 3.22. The van der Waals surface area contributed by atoms with Crippen molar-refractivity contribution in [1.29, 1.82) is 0 Å². The Morgan fingerprint density at radius 3 is 2.53 bits per heavy atom. The summed E-state index contributed by atoms with van der Waals surface area (Å²) < 4.78 is 4.72. The maximum atomic E-state index is 11.5. The Morgan fingerprint density at radius 1 is 1.18 bits per heavy atom. The number of rotatable bonds is 1. The molecule has 2 rings (SSSR count). The van der Waals surface area contributed by atoms with E-state index in [4.69, 9.17) is 4.74 Å². The van der Waals surface area contributed by atoms with Gasteiger partial charge in [-0.15, -0.1) is 0 Å². The maximum Gasteiger partial charge on any atom is 0.337 e. The molecule has 1 aromatic heterocycles. The Bertz CT molecular complexity index is 603. The zero-order valence-corrected chi connectivity index (χ0v) is 10.5. The molecular weight excluding hydrogens is 214 g/mol. The number of ether oxygens (including phenoxy) is 1. The Morgan fingerprint density at radius 2 is 1.88 bits per heavy atom. The highest BCUT2D eigenvalue weighted by Crippen LogP contribution is 2.23. The van der Waals surface area contributed by atoms with Gasteiger partial charge in [0, 0.05) is 11.1 Å². The summed E-state index contributed by atoms with van der Waals surface area (Å²) in [6, 6.07) is 5.45. The Labute approximate surface area is 100 Å². The molecule has 3 heteroatoms. The monoisotopic (exact) mass is 229 g/mol. The Kier molecular flexibility index (Phi) is 2.84. The van der Waals surface area contributed by atoms with Gasteiger partial charge in [-0.25, -0.2) is 4.79 Å². The van der Waals surface area contributed by atoms with Crippen LogP contribution in [0.5, 0.6) is 0 Å². The van der Waals surface area contributed by atoms with Gasteiger partial charge in [0.15, 0.2) is 0 Å². The summed E-state index contributed by atoms with van der Waals surface area (Å²) in [6.45, 7) is 6.09. The van der Waals surface area contributed by atoms with Gasteiger partial charge in [0.2, 0.25) is 0 Å². The average molecular weight is 229 g/mol. The molecule has 1 aromatic carbocycles. The molecule has 0 bridgehead atoms. The van der Waals surface area contributed by atoms with Crippen LogP contribution in [0.4, 0.5) is 0 Å². The minimum Gasteiger partial charge on any atom is -0.465 e. The number of carbonyl (C=O) groups excluding carboxylic acids is 1. The van der Waals surface area contributed by atoms with E-state index in [0.717, 1.165) is 16.6 Å². The van der Waals surface area contributed by atoms with Crippen LogP contribution in [0.2, 0.25) is 0 Å². The summed E-state index contributed by atoms with van der Waals surface area (Å²) in [7, 11) is 1.39. The first-order chi connectivity index (χ1) is 8.04. The molecule has 0 saturated heterocycles. The van der Waals surface area contributed by atoms with Crippen molar-refractivity contribution in [2.24, 2.45) is 0 Å². The van der Waals surface area contributed by atoms with E-state index in [1.165, 1.54) is 18.2 Å². The van der Waals surface area contributed by atoms with Gasteiger partial charge >= 0.3 is 5.97 Å². The zero-order chi connectivity index (χ0) is 12.6. The lowest BCUT2D eigenvalue weighted by Gasteiger charge is -2.09. The molecule has 2 aromatic rings. The maximum absolute atomic E-state index is 11.5. The molecule has 0 atom stereocenters. The lowest BCUT2D eigenvalue weighted by atomic mass is 10.0. The smallest absolute Gasteiger partial charge is 0.337 e. The van der Waals surface area contributed by atoms with E-state index in [-0.39, 0.29) is 5.97 Å². The molecule has 0 aliphatic rings. The van der Waals surface area contributed by atoms with Crippen LogP contribution in [0.1, 0.15) is 27.2 Å². The van der Waals surface area contributed by atoms with E-state index >= 15 is 0 Å². The molecule has 1 heterocycles. The molecule has 0 spiro atoms. The second-order valence-corrected chi connectivity index (χ2v) is 4.17. The summed E-state index contributed by atoms with van der Waals surface area (Å²) >= 11 is 0. The predicted octanol–water partition coefficient (Wildman–Crippen LogP) is 2.95. The van der Waals surface area contributed by atoms with Gasteiger partial charge in [-0.05, 0) is 50.1 Å². The number of benzene rings is 1. The quantitative estimate of drug-likeness (QED) is 0.706. The third kappa shape index (κ3) is 1.88. The summed E-state index contributed by atoms with van der Waals surface area (Å²) in [4.78, 5) is 16.0. The molecule has 0 unspecified atom stereocenters. The zero-order valence-electron chi connectivity index (χ0n) is 10.5. The van der Waals surface area contributed by atoms with E-state index in [1.54, 1.807) is 6.07 Å². The normalized spacial score (nSPS) is 10.6. The first-order valence-electron chi connectivity index (χ1n) is 5.50. The number of hydrogen-bond acceptors (Lipinski definition) is 3. The highest BCUT2D eigenvalue weighted by Gasteiger charge is 2.10. The molecule has 0 amide bonds. The molecule has 0 radical (unpaired) electrons. The van der Waals surface area contributed by atoms with Gasteiger partial charge in [0.1, 0.15) is 0 Å². The fraction of sp³-hybridized carbons (Fsp3) is 0.286. The van der Waals surface area contributed by atoms with Crippen molar-refractivity contribution in [3.05, 3.63) is 40.6 Å². The van der Waals surface area contributed by atoms with E-state index in [9.17, 15) is 4.79 Å². The van der Waals surface area contributed by atoms with Gasteiger partial charge in [0.05, 0.1) is 18.2 Å². The molecule has 0 saturated carbocycles. The number of fused-ring (bicyclic) bond motifs is 1. The summed E-state index contributed by atoms with van der Waals surface area (Å²) in [5.74, 6) is -0.315. The van der Waals surface area contributed by atoms with Crippen LogP contribution in [-0.2, 0) is 4.74 Å². The van der Waals surface area contributed by atoms with E-state index in [0.29, 0.717) is 5.56 Å². The van der Waals surface area contributed by atoms with Gasteiger partial charge in [-0.1, -0.05) is 0 Å². The topological polar surface area (TPSA) is 39.2 Å². The number of carbonyl (C=O) groups is 1. The summed E-state index contributed by atoms with van der Waals surface area (Å²) in [5, 5.41) is 1.01. The van der Waals surface area contributed by atoms with Crippen LogP contribution < -0.4 is 0 Å². The van der Waals surface area contributed by atoms with Crippen molar-refractivity contribution in [1.82, 2.24) is 4.98 Å². The Balaban J connectivity index is 2.73. The highest BCUT2D eigenvalue weighted by atomic mass is 16.5. The van der Waals surface area contributed by atoms with Gasteiger partial charge in [0.25, 0.3) is 0 Å². The van der Waals surface area contributed by atoms with Gasteiger partial charge in [-0.2, -0.15) is 0 Å². The number of esters is 1. The third-order valence-electron chi connectivity index (χ3n) is 3.22. The molecule has 0 fully saturated rings. The standard InChI is InChI=1S/C14H15NO2/c1-8-9(2)12-7-11(14(16)17-4)5-6-13(12)15-10(8)3/h5-7H,1-4H3. The number of hydrogen-bond donors (Lipinski definition) is 0. The number of pyridine rings is 1. The number of nitrogens with zero attached hydrogens (tertiary/aromatic N) is 1. The molecule has 0 aliphatic heterocycles. The second kappa shape index (κ2) is 4.17. The van der Waals surface area contributed by atoms with Crippen LogP contribution in [0.3, 0.4) is 0 Å². The van der Waals surface area contributed by atoms with Crippen LogP contribution in [0, 0.1) is 20.8 Å². The Hall–Kier alpha value is -1.90. The predicted molar refractivity (Wildman–Crippen MR) is 67.3 cm³/mol. The fourth-order valence-electron chi connectivity index (χ4n) is 1.92. The number of aromatic nitrogens is 1. The molecule has 0 aliphatic carbocycles. The van der Waals surface area contributed by atoms with Gasteiger partial charge in [-0.3, -0.25) is 4.98 Å². The lowest BCUT2D eigenvalue weighted by molar-refractivity contribution is 0.0601. The second-order valence-electron chi connectivity index (χ2n) is 4.17. The van der Waals surface area contributed by atoms with E-state index in [2.05, 4.69) is 4.98 Å². The minimum atomic E-state index is -0.315. The highest BCUT2D eigenvalue weighted by molar-refractivity contribution is 5.95. The minimum absolute atomic E-state index is 0.315. The molecule has 17 heavy (non-hydrogen) atoms. The largest absolute Gasteiger partial charge is 0.465 e.